The van der Waals surface area contributed by atoms with Crippen LogP contribution in [-0.4, -0.2) is 70.4 Å². The first-order chi connectivity index (χ1) is 14.4. The van der Waals surface area contributed by atoms with E-state index >= 15 is 0 Å². The molecule has 1 fully saturated rings. The molecule has 0 atom stereocenters. The molecule has 164 valence electrons. The number of nitrogens with zero attached hydrogens (tertiary/aromatic N) is 2. The molecule has 30 heavy (non-hydrogen) atoms. The summed E-state index contributed by atoms with van der Waals surface area (Å²) in [6, 6.07) is 9.33. The van der Waals surface area contributed by atoms with Crippen molar-refractivity contribution in [2.45, 2.75) is 24.3 Å². The Bertz CT molecular complexity index is 890. The molecule has 0 bridgehead atoms. The summed E-state index contributed by atoms with van der Waals surface area (Å²) in [5, 5.41) is 2.90. The molecule has 0 unspecified atom stereocenters. The summed E-state index contributed by atoms with van der Waals surface area (Å²) in [5.41, 5.74) is 0.444. The van der Waals surface area contributed by atoms with Gasteiger partial charge in [0.05, 0.1) is 17.7 Å². The predicted molar refractivity (Wildman–Crippen MR) is 115 cm³/mol. The summed E-state index contributed by atoms with van der Waals surface area (Å²) in [6.45, 7) is 6.18. The van der Waals surface area contributed by atoms with E-state index < -0.39 is 10.0 Å². The molecule has 1 saturated heterocycles. The lowest BCUT2D eigenvalue weighted by Gasteiger charge is -2.32. The van der Waals surface area contributed by atoms with Crippen LogP contribution in [0.15, 0.2) is 52.0 Å². The van der Waals surface area contributed by atoms with E-state index in [0.717, 1.165) is 45.6 Å². The number of sulfonamides is 1. The molecule has 2 aromatic rings. The molecule has 0 aliphatic carbocycles. The SMILES string of the molecule is CN1CCN(CCCCNC(=O)c2ccc(S(=O)(=O)NCc3ccco3)cc2)CC1. The van der Waals surface area contributed by atoms with Gasteiger partial charge in [-0.15, -0.1) is 0 Å². The number of benzene rings is 1. The fraction of sp³-hybridized carbons (Fsp3) is 0.476. The topological polar surface area (TPSA) is 94.9 Å². The Kier molecular flexibility index (Phi) is 8.03. The van der Waals surface area contributed by atoms with Crippen molar-refractivity contribution >= 4 is 15.9 Å². The van der Waals surface area contributed by atoms with Crippen LogP contribution in [0.3, 0.4) is 0 Å². The number of hydrogen-bond donors (Lipinski definition) is 2. The molecular weight excluding hydrogens is 404 g/mol. The van der Waals surface area contributed by atoms with E-state index in [4.69, 9.17) is 4.42 Å². The summed E-state index contributed by atoms with van der Waals surface area (Å²) < 4.78 is 32.3. The van der Waals surface area contributed by atoms with Crippen LogP contribution in [0.4, 0.5) is 0 Å². The highest BCUT2D eigenvalue weighted by Gasteiger charge is 2.16. The van der Waals surface area contributed by atoms with Gasteiger partial charge in [0.1, 0.15) is 5.76 Å². The van der Waals surface area contributed by atoms with Crippen molar-refractivity contribution in [2.24, 2.45) is 0 Å². The van der Waals surface area contributed by atoms with Gasteiger partial charge in [0.25, 0.3) is 5.91 Å². The Morgan fingerprint density at radius 3 is 2.47 bits per heavy atom. The molecule has 8 nitrogen and oxygen atoms in total. The summed E-state index contributed by atoms with van der Waals surface area (Å²) in [7, 11) is -1.52. The van der Waals surface area contributed by atoms with Gasteiger partial charge in [-0.3, -0.25) is 4.79 Å². The number of piperazine rings is 1. The summed E-state index contributed by atoms with van der Waals surface area (Å²) in [4.78, 5) is 17.2. The maximum absolute atomic E-state index is 12.3. The van der Waals surface area contributed by atoms with Crippen LogP contribution in [0.25, 0.3) is 0 Å². The van der Waals surface area contributed by atoms with Crippen molar-refractivity contribution < 1.29 is 17.6 Å². The lowest BCUT2D eigenvalue weighted by atomic mass is 10.2. The zero-order valence-electron chi connectivity index (χ0n) is 17.3. The van der Waals surface area contributed by atoms with Gasteiger partial charge in [-0.05, 0) is 62.8 Å². The van der Waals surface area contributed by atoms with Crippen molar-refractivity contribution in [1.82, 2.24) is 19.8 Å². The predicted octanol–water partition coefficient (Wildman–Crippen LogP) is 1.52. The number of carbonyl (C=O) groups excluding carboxylic acids is 1. The van der Waals surface area contributed by atoms with Gasteiger partial charge in [-0.2, -0.15) is 0 Å². The molecule has 0 radical (unpaired) electrons. The van der Waals surface area contributed by atoms with E-state index in [9.17, 15) is 13.2 Å². The molecule has 0 saturated carbocycles. The standard InChI is InChI=1S/C21H30N4O4S/c1-24-12-14-25(15-13-24)11-3-2-10-22-21(26)18-6-8-20(9-7-18)30(27,28)23-17-19-5-4-16-29-19/h4-9,16,23H,2-3,10-15,17H2,1H3,(H,22,26). The lowest BCUT2D eigenvalue weighted by Crippen LogP contribution is -2.44. The van der Waals surface area contributed by atoms with Gasteiger partial charge in [-0.1, -0.05) is 0 Å². The number of nitrogens with one attached hydrogen (secondary N) is 2. The Balaban J connectivity index is 1.39. The molecule has 1 aromatic heterocycles. The third kappa shape index (κ3) is 6.66. The van der Waals surface area contributed by atoms with Gasteiger partial charge in [0.15, 0.2) is 0 Å². The average molecular weight is 435 g/mol. The highest BCUT2D eigenvalue weighted by Crippen LogP contribution is 2.12. The third-order valence-electron chi connectivity index (χ3n) is 5.23. The molecule has 1 aliphatic heterocycles. The van der Waals surface area contributed by atoms with Crippen LogP contribution < -0.4 is 10.0 Å². The summed E-state index contributed by atoms with van der Waals surface area (Å²) in [6.07, 6.45) is 3.45. The molecule has 9 heteroatoms. The summed E-state index contributed by atoms with van der Waals surface area (Å²) in [5.74, 6) is 0.337. The maximum Gasteiger partial charge on any atom is 0.251 e. The minimum Gasteiger partial charge on any atom is -0.468 e. The van der Waals surface area contributed by atoms with Crippen molar-refractivity contribution in [3.63, 3.8) is 0 Å². The smallest absolute Gasteiger partial charge is 0.251 e. The van der Waals surface area contributed by atoms with Crippen LogP contribution in [0, 0.1) is 0 Å². The molecule has 2 heterocycles. The van der Waals surface area contributed by atoms with Crippen molar-refractivity contribution in [2.75, 3.05) is 46.3 Å². The minimum atomic E-state index is -3.67. The molecule has 1 amide bonds. The molecule has 1 aliphatic rings. The van der Waals surface area contributed by atoms with E-state index in [0.29, 0.717) is 17.9 Å². The Hall–Kier alpha value is -2.20. The van der Waals surface area contributed by atoms with Gasteiger partial charge < -0.3 is 19.5 Å². The summed E-state index contributed by atoms with van der Waals surface area (Å²) >= 11 is 0. The number of likely N-dealkylation sites (N-methyl/N-ethyl adjacent to an activating group) is 1. The zero-order valence-corrected chi connectivity index (χ0v) is 18.2. The Morgan fingerprint density at radius 1 is 1.07 bits per heavy atom. The fourth-order valence-corrected chi connectivity index (χ4v) is 4.28. The highest BCUT2D eigenvalue weighted by atomic mass is 32.2. The normalized spacial score (nSPS) is 15.9. The van der Waals surface area contributed by atoms with E-state index in [-0.39, 0.29) is 17.3 Å². The number of carbonyl (C=O) groups is 1. The molecule has 2 N–H and O–H groups in total. The van der Waals surface area contributed by atoms with Crippen LogP contribution in [0.2, 0.25) is 0 Å². The van der Waals surface area contributed by atoms with Crippen LogP contribution in [0.1, 0.15) is 29.0 Å². The van der Waals surface area contributed by atoms with E-state index in [2.05, 4.69) is 26.9 Å². The van der Waals surface area contributed by atoms with Gasteiger partial charge in [0, 0.05) is 38.3 Å². The van der Waals surface area contributed by atoms with Crippen molar-refractivity contribution in [1.29, 1.82) is 0 Å². The van der Waals surface area contributed by atoms with Gasteiger partial charge in [-0.25, -0.2) is 13.1 Å². The first kappa shape index (κ1) is 22.5. The van der Waals surface area contributed by atoms with E-state index in [1.807, 2.05) is 0 Å². The number of furan rings is 1. The van der Waals surface area contributed by atoms with Crippen molar-refractivity contribution in [3.05, 3.63) is 54.0 Å². The number of hydrogen-bond acceptors (Lipinski definition) is 6. The van der Waals surface area contributed by atoms with Crippen LogP contribution in [-0.2, 0) is 16.6 Å². The second kappa shape index (κ2) is 10.7. The lowest BCUT2D eigenvalue weighted by molar-refractivity contribution is 0.0951. The number of unbranched alkanes of at least 4 members (excludes halogenated alkanes) is 1. The fourth-order valence-electron chi connectivity index (χ4n) is 3.28. The second-order valence-corrected chi connectivity index (χ2v) is 9.30. The third-order valence-corrected chi connectivity index (χ3v) is 6.64. The molecule has 1 aromatic carbocycles. The first-order valence-electron chi connectivity index (χ1n) is 10.3. The Morgan fingerprint density at radius 2 is 1.80 bits per heavy atom. The van der Waals surface area contributed by atoms with E-state index in [1.54, 1.807) is 12.1 Å². The number of amides is 1. The van der Waals surface area contributed by atoms with Gasteiger partial charge >= 0.3 is 0 Å². The van der Waals surface area contributed by atoms with Crippen LogP contribution in [0.5, 0.6) is 0 Å². The number of rotatable bonds is 10. The van der Waals surface area contributed by atoms with Crippen molar-refractivity contribution in [3.8, 4) is 0 Å². The molecule has 0 spiro atoms. The monoisotopic (exact) mass is 434 g/mol. The minimum absolute atomic E-state index is 0.0751. The zero-order chi connectivity index (χ0) is 21.4. The van der Waals surface area contributed by atoms with E-state index in [1.165, 1.54) is 30.5 Å². The highest BCUT2D eigenvalue weighted by molar-refractivity contribution is 7.89. The quantitative estimate of drug-likeness (QED) is 0.551. The largest absolute Gasteiger partial charge is 0.468 e. The van der Waals surface area contributed by atoms with Gasteiger partial charge in [0.2, 0.25) is 10.0 Å². The Labute approximate surface area is 178 Å². The molecular formula is C21H30N4O4S. The second-order valence-electron chi connectivity index (χ2n) is 7.54. The average Bonchev–Trinajstić information content (AvgIpc) is 3.27. The first-order valence-corrected chi connectivity index (χ1v) is 11.7. The van der Waals surface area contributed by atoms with Crippen LogP contribution >= 0.6 is 0 Å². The maximum atomic E-state index is 12.3. The molecule has 3 rings (SSSR count).